The summed E-state index contributed by atoms with van der Waals surface area (Å²) in [5.74, 6) is 0.136. The summed E-state index contributed by atoms with van der Waals surface area (Å²) < 4.78 is 4.93. The van der Waals surface area contributed by atoms with Crippen LogP contribution in [0.4, 0.5) is 4.79 Å². The standard InChI is InChI=1S/C7H16N2O2.C6H14N2O.CO2.ClH/c1-7(2,3)11-6(10)9-5-4-8;1-5(2)6(9)8-4-3-7;2-1-3;/h4-5,8H2,1-3H3,(H,9,10);5H,3-4,7H2,1-2H3,(H,8,9);;1H. The van der Waals surface area contributed by atoms with Crippen LogP contribution in [0, 0.1) is 5.92 Å². The summed E-state index contributed by atoms with van der Waals surface area (Å²) in [4.78, 5) is 37.8. The molecule has 24 heavy (non-hydrogen) atoms. The van der Waals surface area contributed by atoms with E-state index in [4.69, 9.17) is 25.8 Å². The van der Waals surface area contributed by atoms with Gasteiger partial charge in [0, 0.05) is 32.1 Å². The van der Waals surface area contributed by atoms with Crippen molar-refractivity contribution in [3.05, 3.63) is 0 Å². The number of nitrogens with two attached hydrogens (primary N) is 2. The van der Waals surface area contributed by atoms with Gasteiger partial charge in [0.15, 0.2) is 0 Å². The monoisotopic (exact) mass is 370 g/mol. The lowest BCUT2D eigenvalue weighted by atomic mass is 10.2. The van der Waals surface area contributed by atoms with E-state index < -0.39 is 11.7 Å². The average Bonchev–Trinajstić information content (AvgIpc) is 2.42. The molecule has 0 saturated heterocycles. The first kappa shape index (κ1) is 30.2. The zero-order valence-corrected chi connectivity index (χ0v) is 15.8. The molecular formula is C14H31ClN4O5. The summed E-state index contributed by atoms with van der Waals surface area (Å²) in [6, 6.07) is 0. The minimum atomic E-state index is -0.432. The fourth-order valence-electron chi connectivity index (χ4n) is 0.888. The number of halogens is 1. The van der Waals surface area contributed by atoms with E-state index in [1.54, 1.807) is 0 Å². The molecule has 0 saturated carbocycles. The lowest BCUT2D eigenvalue weighted by Gasteiger charge is -2.19. The van der Waals surface area contributed by atoms with Crippen molar-refractivity contribution in [1.29, 1.82) is 0 Å². The maximum absolute atomic E-state index is 10.8. The normalized spacial score (nSPS) is 9.00. The molecule has 0 spiro atoms. The van der Waals surface area contributed by atoms with Crippen molar-refractivity contribution in [3.8, 4) is 0 Å². The number of carbonyl (C=O) groups excluding carboxylic acids is 4. The highest BCUT2D eigenvalue weighted by atomic mass is 35.5. The van der Waals surface area contributed by atoms with Gasteiger partial charge < -0.3 is 26.8 Å². The Hall–Kier alpha value is -1.67. The number of nitrogens with one attached hydrogen (secondary N) is 2. The number of hydrogen-bond acceptors (Lipinski definition) is 7. The third-order valence-corrected chi connectivity index (χ3v) is 1.78. The van der Waals surface area contributed by atoms with Crippen LogP contribution in [-0.2, 0) is 19.1 Å². The van der Waals surface area contributed by atoms with Crippen LogP contribution in [0.1, 0.15) is 34.6 Å². The molecule has 0 aromatic carbocycles. The highest BCUT2D eigenvalue weighted by Crippen LogP contribution is 2.05. The van der Waals surface area contributed by atoms with Gasteiger partial charge in [0.05, 0.1) is 0 Å². The van der Waals surface area contributed by atoms with Crippen molar-refractivity contribution in [3.63, 3.8) is 0 Å². The number of ether oxygens (including phenoxy) is 1. The number of hydrogen-bond donors (Lipinski definition) is 4. The molecule has 0 aliphatic rings. The van der Waals surface area contributed by atoms with Gasteiger partial charge in [0.25, 0.3) is 0 Å². The second-order valence-corrected chi connectivity index (χ2v) is 5.54. The second-order valence-electron chi connectivity index (χ2n) is 5.54. The van der Waals surface area contributed by atoms with E-state index in [0.29, 0.717) is 26.2 Å². The first-order valence-electron chi connectivity index (χ1n) is 7.19. The van der Waals surface area contributed by atoms with Gasteiger partial charge in [-0.1, -0.05) is 13.8 Å². The van der Waals surface area contributed by atoms with Crippen molar-refractivity contribution in [2.24, 2.45) is 17.4 Å². The van der Waals surface area contributed by atoms with Crippen LogP contribution in [0.5, 0.6) is 0 Å². The number of amides is 2. The summed E-state index contributed by atoms with van der Waals surface area (Å²) in [6.45, 7) is 11.1. The van der Waals surface area contributed by atoms with Gasteiger partial charge in [0.2, 0.25) is 5.91 Å². The molecule has 9 nitrogen and oxygen atoms in total. The molecule has 0 aromatic rings. The van der Waals surface area contributed by atoms with Crippen LogP contribution in [-0.4, -0.2) is 49.9 Å². The molecule has 0 atom stereocenters. The zero-order chi connectivity index (χ0) is 18.9. The Bertz CT molecular complexity index is 354. The van der Waals surface area contributed by atoms with Crippen LogP contribution >= 0.6 is 12.4 Å². The van der Waals surface area contributed by atoms with E-state index in [1.165, 1.54) is 0 Å². The Morgan fingerprint density at radius 2 is 1.42 bits per heavy atom. The van der Waals surface area contributed by atoms with E-state index in [1.807, 2.05) is 34.6 Å². The lowest BCUT2D eigenvalue weighted by Crippen LogP contribution is -2.35. The summed E-state index contributed by atoms with van der Waals surface area (Å²) in [7, 11) is 0. The molecule has 144 valence electrons. The third-order valence-electron chi connectivity index (χ3n) is 1.78. The Morgan fingerprint density at radius 3 is 1.71 bits per heavy atom. The maximum atomic E-state index is 10.8. The van der Waals surface area contributed by atoms with Crippen LogP contribution in [0.25, 0.3) is 0 Å². The van der Waals surface area contributed by atoms with Gasteiger partial charge in [-0.05, 0) is 20.8 Å². The lowest BCUT2D eigenvalue weighted by molar-refractivity contribution is -0.191. The Kier molecular flexibility index (Phi) is 24.4. The van der Waals surface area contributed by atoms with Crippen molar-refractivity contribution >= 4 is 30.6 Å². The van der Waals surface area contributed by atoms with Crippen LogP contribution in [0.2, 0.25) is 0 Å². The van der Waals surface area contributed by atoms with E-state index >= 15 is 0 Å². The Morgan fingerprint density at radius 1 is 1.04 bits per heavy atom. The molecule has 0 fully saturated rings. The fourth-order valence-corrected chi connectivity index (χ4v) is 0.888. The first-order valence-corrected chi connectivity index (χ1v) is 7.19. The molecule has 0 unspecified atom stereocenters. The number of alkyl carbamates (subject to hydrolysis) is 1. The van der Waals surface area contributed by atoms with Crippen molar-refractivity contribution < 1.29 is 23.9 Å². The van der Waals surface area contributed by atoms with E-state index in [2.05, 4.69) is 10.6 Å². The Labute approximate surface area is 149 Å². The van der Waals surface area contributed by atoms with Crippen molar-refractivity contribution in [2.75, 3.05) is 26.2 Å². The quantitative estimate of drug-likeness (QED) is 0.532. The molecular weight excluding hydrogens is 340 g/mol. The minimum absolute atomic E-state index is 0. The topological polar surface area (TPSA) is 154 Å². The summed E-state index contributed by atoms with van der Waals surface area (Å²) in [6.07, 6.45) is -0.164. The van der Waals surface area contributed by atoms with Crippen LogP contribution in [0.15, 0.2) is 0 Å². The number of carbonyl (C=O) groups is 2. The molecule has 6 N–H and O–H groups in total. The molecule has 0 aliphatic heterocycles. The van der Waals surface area contributed by atoms with E-state index in [-0.39, 0.29) is 30.4 Å². The molecule has 0 aromatic heterocycles. The van der Waals surface area contributed by atoms with Gasteiger partial charge >= 0.3 is 12.2 Å². The predicted octanol–water partition coefficient (Wildman–Crippen LogP) is 0.0254. The maximum Gasteiger partial charge on any atom is 0.407 e. The smallest absolute Gasteiger partial charge is 0.407 e. The molecule has 2 amide bonds. The highest BCUT2D eigenvalue weighted by molar-refractivity contribution is 5.85. The average molecular weight is 371 g/mol. The van der Waals surface area contributed by atoms with Gasteiger partial charge in [0.1, 0.15) is 5.60 Å². The molecule has 10 heteroatoms. The van der Waals surface area contributed by atoms with Gasteiger partial charge in [-0.25, -0.2) is 4.79 Å². The largest absolute Gasteiger partial charge is 0.444 e. The Balaban J connectivity index is -0.000000140. The minimum Gasteiger partial charge on any atom is -0.444 e. The molecule has 0 radical (unpaired) electrons. The van der Waals surface area contributed by atoms with Gasteiger partial charge in [-0.3, -0.25) is 4.79 Å². The number of rotatable bonds is 5. The predicted molar refractivity (Wildman–Crippen MR) is 92.4 cm³/mol. The highest BCUT2D eigenvalue weighted by Gasteiger charge is 2.14. The second kappa shape index (κ2) is 19.4. The van der Waals surface area contributed by atoms with Gasteiger partial charge in [-0.2, -0.15) is 9.59 Å². The SMILES string of the molecule is CC(C)(C)OC(=O)NCCN.CC(C)C(=O)NCCN.Cl.O=C=O. The zero-order valence-electron chi connectivity index (χ0n) is 15.0. The first-order chi connectivity index (χ1) is 10.5. The summed E-state index contributed by atoms with van der Waals surface area (Å²) in [5, 5.41) is 5.17. The fraction of sp³-hybridized carbons (Fsp3) is 0.786. The molecule has 0 bridgehead atoms. The molecule has 0 aliphatic carbocycles. The third kappa shape index (κ3) is 32.3. The van der Waals surface area contributed by atoms with Gasteiger partial charge in [-0.15, -0.1) is 12.4 Å². The van der Waals surface area contributed by atoms with E-state index in [0.717, 1.165) is 0 Å². The van der Waals surface area contributed by atoms with Crippen molar-refractivity contribution in [2.45, 2.75) is 40.2 Å². The van der Waals surface area contributed by atoms with E-state index in [9.17, 15) is 9.59 Å². The molecule has 0 heterocycles. The summed E-state index contributed by atoms with van der Waals surface area (Å²) >= 11 is 0. The molecule has 0 rings (SSSR count). The summed E-state index contributed by atoms with van der Waals surface area (Å²) in [5.41, 5.74) is 9.90. The van der Waals surface area contributed by atoms with Crippen molar-refractivity contribution in [1.82, 2.24) is 10.6 Å². The van der Waals surface area contributed by atoms with Crippen LogP contribution in [0.3, 0.4) is 0 Å². The van der Waals surface area contributed by atoms with Crippen LogP contribution < -0.4 is 22.1 Å².